The zero-order valence-electron chi connectivity index (χ0n) is 15.5. The first-order valence-electron chi connectivity index (χ1n) is 8.61. The van der Waals surface area contributed by atoms with Gasteiger partial charge < -0.3 is 15.4 Å². The molecule has 0 aliphatic rings. The molecule has 2 amide bonds. The molecule has 0 aliphatic heterocycles. The zero-order chi connectivity index (χ0) is 20.7. The number of benzene rings is 2. The SMILES string of the molecule is CC(C)NC(=O)Cc1ccc(NC(=O)COc2ccc(C(F)(F)F)cc2)cc1. The normalized spacial score (nSPS) is 11.2. The fourth-order valence-electron chi connectivity index (χ4n) is 2.35. The van der Waals surface area contributed by atoms with Crippen molar-refractivity contribution >= 4 is 17.5 Å². The molecule has 0 atom stereocenters. The van der Waals surface area contributed by atoms with Gasteiger partial charge in [-0.1, -0.05) is 12.1 Å². The van der Waals surface area contributed by atoms with E-state index in [1.165, 1.54) is 0 Å². The Kier molecular flexibility index (Phi) is 7.03. The van der Waals surface area contributed by atoms with Gasteiger partial charge in [0.05, 0.1) is 12.0 Å². The topological polar surface area (TPSA) is 67.4 Å². The van der Waals surface area contributed by atoms with E-state index < -0.39 is 17.6 Å². The number of carbonyl (C=O) groups is 2. The van der Waals surface area contributed by atoms with Gasteiger partial charge in [-0.3, -0.25) is 9.59 Å². The standard InChI is InChI=1S/C20H21F3N2O3/c1-13(2)24-18(26)11-14-3-7-16(8-4-14)25-19(27)12-28-17-9-5-15(6-10-17)20(21,22)23/h3-10,13H,11-12H2,1-2H3,(H,24,26)(H,25,27). The van der Waals surface area contributed by atoms with Gasteiger partial charge in [-0.25, -0.2) is 0 Å². The third-order valence-electron chi connectivity index (χ3n) is 3.60. The molecule has 0 bridgehead atoms. The minimum absolute atomic E-state index is 0.0655. The number of anilines is 1. The van der Waals surface area contributed by atoms with Crippen LogP contribution in [0.5, 0.6) is 5.75 Å². The summed E-state index contributed by atoms with van der Waals surface area (Å²) in [4.78, 5) is 23.6. The van der Waals surface area contributed by atoms with Crippen LogP contribution in [0.3, 0.4) is 0 Å². The number of hydrogen-bond donors (Lipinski definition) is 2. The lowest BCUT2D eigenvalue weighted by molar-refractivity contribution is -0.137. The van der Waals surface area contributed by atoms with E-state index >= 15 is 0 Å². The molecule has 2 aromatic carbocycles. The van der Waals surface area contributed by atoms with E-state index in [0.717, 1.165) is 29.8 Å². The van der Waals surface area contributed by atoms with Crippen LogP contribution in [-0.4, -0.2) is 24.5 Å². The molecule has 0 saturated carbocycles. The van der Waals surface area contributed by atoms with Crippen molar-refractivity contribution in [3.63, 3.8) is 0 Å². The van der Waals surface area contributed by atoms with Crippen LogP contribution in [0.4, 0.5) is 18.9 Å². The molecular formula is C20H21F3N2O3. The number of halogens is 3. The molecule has 0 aliphatic carbocycles. The monoisotopic (exact) mass is 394 g/mol. The number of hydrogen-bond acceptors (Lipinski definition) is 3. The summed E-state index contributed by atoms with van der Waals surface area (Å²) in [6, 6.07) is 10.9. The van der Waals surface area contributed by atoms with Gasteiger partial charge in [0, 0.05) is 11.7 Å². The maximum atomic E-state index is 12.5. The molecule has 0 heterocycles. The predicted molar refractivity (Wildman–Crippen MR) is 99.0 cm³/mol. The van der Waals surface area contributed by atoms with Crippen molar-refractivity contribution in [2.75, 3.05) is 11.9 Å². The summed E-state index contributed by atoms with van der Waals surface area (Å²) in [5.74, 6) is -0.378. The number of nitrogens with one attached hydrogen (secondary N) is 2. The molecule has 0 aromatic heterocycles. The average molecular weight is 394 g/mol. The van der Waals surface area contributed by atoms with Gasteiger partial charge >= 0.3 is 6.18 Å². The van der Waals surface area contributed by atoms with Crippen LogP contribution in [0.2, 0.25) is 0 Å². The Bertz CT molecular complexity index is 801. The first-order chi connectivity index (χ1) is 13.1. The van der Waals surface area contributed by atoms with Crippen molar-refractivity contribution in [2.24, 2.45) is 0 Å². The van der Waals surface area contributed by atoms with Gasteiger partial charge in [0.2, 0.25) is 5.91 Å². The fraction of sp³-hybridized carbons (Fsp3) is 0.300. The number of ether oxygens (including phenoxy) is 1. The molecule has 0 fully saturated rings. The molecule has 0 radical (unpaired) electrons. The second kappa shape index (κ2) is 9.25. The van der Waals surface area contributed by atoms with E-state index in [1.54, 1.807) is 24.3 Å². The van der Waals surface area contributed by atoms with Crippen molar-refractivity contribution < 1.29 is 27.5 Å². The number of amides is 2. The van der Waals surface area contributed by atoms with E-state index in [4.69, 9.17) is 4.74 Å². The highest BCUT2D eigenvalue weighted by molar-refractivity contribution is 5.92. The Balaban J connectivity index is 1.82. The van der Waals surface area contributed by atoms with Crippen molar-refractivity contribution in [1.82, 2.24) is 5.32 Å². The fourth-order valence-corrected chi connectivity index (χ4v) is 2.35. The lowest BCUT2D eigenvalue weighted by Crippen LogP contribution is -2.31. The van der Waals surface area contributed by atoms with Crippen LogP contribution in [0.15, 0.2) is 48.5 Å². The van der Waals surface area contributed by atoms with Gasteiger partial charge in [0.15, 0.2) is 6.61 Å². The third-order valence-corrected chi connectivity index (χ3v) is 3.60. The molecule has 28 heavy (non-hydrogen) atoms. The molecular weight excluding hydrogens is 373 g/mol. The minimum Gasteiger partial charge on any atom is -0.484 e. The molecule has 5 nitrogen and oxygen atoms in total. The lowest BCUT2D eigenvalue weighted by atomic mass is 10.1. The van der Waals surface area contributed by atoms with Crippen molar-refractivity contribution in [1.29, 1.82) is 0 Å². The summed E-state index contributed by atoms with van der Waals surface area (Å²) in [5.41, 5.74) is 0.539. The Morgan fingerprint density at radius 2 is 1.57 bits per heavy atom. The van der Waals surface area contributed by atoms with Crippen molar-refractivity contribution in [3.05, 3.63) is 59.7 Å². The Hall–Kier alpha value is -3.03. The van der Waals surface area contributed by atoms with Gasteiger partial charge in [-0.15, -0.1) is 0 Å². The highest BCUT2D eigenvalue weighted by Gasteiger charge is 2.30. The maximum absolute atomic E-state index is 12.5. The molecule has 8 heteroatoms. The second-order valence-corrected chi connectivity index (χ2v) is 6.45. The summed E-state index contributed by atoms with van der Waals surface area (Å²) in [5, 5.41) is 5.41. The highest BCUT2D eigenvalue weighted by Crippen LogP contribution is 2.30. The predicted octanol–water partition coefficient (Wildman–Crippen LogP) is 3.79. The quantitative estimate of drug-likeness (QED) is 0.751. The van der Waals surface area contributed by atoms with E-state index in [9.17, 15) is 22.8 Å². The van der Waals surface area contributed by atoms with Crippen LogP contribution in [-0.2, 0) is 22.2 Å². The lowest BCUT2D eigenvalue weighted by Gasteiger charge is -2.10. The van der Waals surface area contributed by atoms with Crippen LogP contribution in [0.25, 0.3) is 0 Å². The molecule has 0 saturated heterocycles. The highest BCUT2D eigenvalue weighted by atomic mass is 19.4. The zero-order valence-corrected chi connectivity index (χ0v) is 15.5. The first-order valence-corrected chi connectivity index (χ1v) is 8.61. The number of rotatable bonds is 7. The average Bonchev–Trinajstić information content (AvgIpc) is 2.60. The first kappa shape index (κ1) is 21.3. The smallest absolute Gasteiger partial charge is 0.416 e. The molecule has 0 unspecified atom stereocenters. The van der Waals surface area contributed by atoms with Gasteiger partial charge in [0.25, 0.3) is 5.91 Å². The van der Waals surface area contributed by atoms with E-state index in [1.807, 2.05) is 13.8 Å². The maximum Gasteiger partial charge on any atom is 0.416 e. The van der Waals surface area contributed by atoms with Gasteiger partial charge in [-0.2, -0.15) is 13.2 Å². The molecule has 150 valence electrons. The summed E-state index contributed by atoms with van der Waals surface area (Å²) < 4.78 is 42.7. The van der Waals surface area contributed by atoms with E-state index in [0.29, 0.717) is 5.69 Å². The Morgan fingerprint density at radius 1 is 0.964 bits per heavy atom. The van der Waals surface area contributed by atoms with Crippen LogP contribution < -0.4 is 15.4 Å². The van der Waals surface area contributed by atoms with Crippen molar-refractivity contribution in [2.45, 2.75) is 32.5 Å². The number of carbonyl (C=O) groups excluding carboxylic acids is 2. The Morgan fingerprint density at radius 3 is 2.11 bits per heavy atom. The van der Waals surface area contributed by atoms with Crippen molar-refractivity contribution in [3.8, 4) is 5.75 Å². The number of alkyl halides is 3. The van der Waals surface area contributed by atoms with Crippen LogP contribution >= 0.6 is 0 Å². The van der Waals surface area contributed by atoms with E-state index in [-0.39, 0.29) is 30.7 Å². The summed E-state index contributed by atoms with van der Waals surface area (Å²) in [6.07, 6.45) is -4.18. The molecule has 2 aromatic rings. The summed E-state index contributed by atoms with van der Waals surface area (Å²) >= 11 is 0. The Labute approximate surface area is 160 Å². The van der Waals surface area contributed by atoms with Crippen LogP contribution in [0.1, 0.15) is 25.0 Å². The minimum atomic E-state index is -4.42. The molecule has 2 N–H and O–H groups in total. The molecule has 2 rings (SSSR count). The van der Waals surface area contributed by atoms with Gasteiger partial charge in [0.1, 0.15) is 5.75 Å². The van der Waals surface area contributed by atoms with Gasteiger partial charge in [-0.05, 0) is 55.8 Å². The largest absolute Gasteiger partial charge is 0.484 e. The van der Waals surface area contributed by atoms with E-state index in [2.05, 4.69) is 10.6 Å². The second-order valence-electron chi connectivity index (χ2n) is 6.45. The molecule has 0 spiro atoms. The summed E-state index contributed by atoms with van der Waals surface area (Å²) in [7, 11) is 0. The van der Waals surface area contributed by atoms with Crippen LogP contribution in [0, 0.1) is 0 Å². The third kappa shape index (κ3) is 6.94. The summed E-state index contributed by atoms with van der Waals surface area (Å²) in [6.45, 7) is 3.41.